The largest absolute Gasteiger partial charge is 0.374 e. The van der Waals surface area contributed by atoms with Gasteiger partial charge in [0.1, 0.15) is 0 Å². The SMILES string of the molecule is CC(C)CCC(NN)C1CN(C)CCO1. The van der Waals surface area contributed by atoms with E-state index in [1.807, 2.05) is 0 Å². The summed E-state index contributed by atoms with van der Waals surface area (Å²) in [5.74, 6) is 6.31. The molecule has 3 N–H and O–H groups in total. The Balaban J connectivity index is 2.35. The van der Waals surface area contributed by atoms with Crippen molar-refractivity contribution >= 4 is 0 Å². The van der Waals surface area contributed by atoms with Crippen LogP contribution in [0.1, 0.15) is 26.7 Å². The van der Waals surface area contributed by atoms with Gasteiger partial charge in [-0.25, -0.2) is 0 Å². The molecule has 1 fully saturated rings. The van der Waals surface area contributed by atoms with Crippen molar-refractivity contribution in [3.05, 3.63) is 0 Å². The van der Waals surface area contributed by atoms with Crippen molar-refractivity contribution < 1.29 is 4.74 Å². The minimum atomic E-state index is 0.243. The molecule has 0 saturated carbocycles. The van der Waals surface area contributed by atoms with Crippen molar-refractivity contribution in [2.45, 2.75) is 38.8 Å². The van der Waals surface area contributed by atoms with Gasteiger partial charge in [0.2, 0.25) is 0 Å². The molecule has 0 aromatic carbocycles. The first kappa shape index (κ1) is 12.9. The van der Waals surface area contributed by atoms with Crippen LogP contribution in [0.25, 0.3) is 0 Å². The van der Waals surface area contributed by atoms with Gasteiger partial charge < -0.3 is 9.64 Å². The predicted octanol–water partition coefficient (Wildman–Crippen LogP) is 0.585. The Morgan fingerprint density at radius 3 is 2.73 bits per heavy atom. The Morgan fingerprint density at radius 1 is 1.47 bits per heavy atom. The molecule has 0 spiro atoms. The Morgan fingerprint density at radius 2 is 2.20 bits per heavy atom. The van der Waals surface area contributed by atoms with Crippen LogP contribution in [0.15, 0.2) is 0 Å². The summed E-state index contributed by atoms with van der Waals surface area (Å²) in [6.07, 6.45) is 2.53. The summed E-state index contributed by atoms with van der Waals surface area (Å²) in [5.41, 5.74) is 2.90. The number of hydrogen-bond donors (Lipinski definition) is 2. The van der Waals surface area contributed by atoms with E-state index in [9.17, 15) is 0 Å². The average molecular weight is 215 g/mol. The molecule has 2 unspecified atom stereocenters. The maximum Gasteiger partial charge on any atom is 0.0868 e. The molecule has 2 atom stereocenters. The normalized spacial score (nSPS) is 25.8. The molecule has 0 bridgehead atoms. The summed E-state index contributed by atoms with van der Waals surface area (Å²) in [4.78, 5) is 2.30. The molecule has 1 aliphatic heterocycles. The number of hydrazine groups is 1. The highest BCUT2D eigenvalue weighted by molar-refractivity contribution is 4.80. The summed E-state index contributed by atoms with van der Waals surface area (Å²) in [6, 6.07) is 0.287. The molecule has 0 aromatic rings. The summed E-state index contributed by atoms with van der Waals surface area (Å²) >= 11 is 0. The highest BCUT2D eigenvalue weighted by Gasteiger charge is 2.25. The van der Waals surface area contributed by atoms with E-state index >= 15 is 0 Å². The Hall–Kier alpha value is -0.160. The fraction of sp³-hybridized carbons (Fsp3) is 1.00. The maximum absolute atomic E-state index is 5.75. The molecule has 1 aliphatic rings. The van der Waals surface area contributed by atoms with Gasteiger partial charge in [-0.3, -0.25) is 11.3 Å². The quantitative estimate of drug-likeness (QED) is 0.520. The fourth-order valence-corrected chi connectivity index (χ4v) is 1.94. The lowest BCUT2D eigenvalue weighted by Crippen LogP contribution is -2.53. The third-order valence-electron chi connectivity index (χ3n) is 3.01. The lowest BCUT2D eigenvalue weighted by Gasteiger charge is -2.35. The van der Waals surface area contributed by atoms with Crippen molar-refractivity contribution in [1.82, 2.24) is 10.3 Å². The zero-order chi connectivity index (χ0) is 11.3. The molecule has 4 nitrogen and oxygen atoms in total. The molecular weight excluding hydrogens is 190 g/mol. The first-order chi connectivity index (χ1) is 7.13. The molecule has 1 heterocycles. The maximum atomic E-state index is 5.75. The van der Waals surface area contributed by atoms with Gasteiger partial charge in [-0.05, 0) is 25.8 Å². The van der Waals surface area contributed by atoms with E-state index in [0.717, 1.165) is 32.0 Å². The second kappa shape index (κ2) is 6.43. The van der Waals surface area contributed by atoms with E-state index in [2.05, 4.69) is 31.2 Å². The highest BCUT2D eigenvalue weighted by atomic mass is 16.5. The van der Waals surface area contributed by atoms with Crippen LogP contribution >= 0.6 is 0 Å². The zero-order valence-electron chi connectivity index (χ0n) is 10.2. The van der Waals surface area contributed by atoms with Crippen LogP contribution < -0.4 is 11.3 Å². The number of nitrogens with zero attached hydrogens (tertiary/aromatic N) is 1. The average Bonchev–Trinajstić information content (AvgIpc) is 2.18. The van der Waals surface area contributed by atoms with Gasteiger partial charge in [-0.15, -0.1) is 0 Å². The van der Waals surface area contributed by atoms with Crippen LogP contribution in [0.4, 0.5) is 0 Å². The monoisotopic (exact) mass is 215 g/mol. The number of rotatable bonds is 5. The van der Waals surface area contributed by atoms with Crippen LogP contribution in [0.2, 0.25) is 0 Å². The van der Waals surface area contributed by atoms with E-state index < -0.39 is 0 Å². The van der Waals surface area contributed by atoms with E-state index in [1.165, 1.54) is 6.42 Å². The van der Waals surface area contributed by atoms with Crippen LogP contribution in [0.5, 0.6) is 0 Å². The molecule has 0 aromatic heterocycles. The summed E-state index contributed by atoms with van der Waals surface area (Å²) in [5, 5.41) is 0. The molecule has 1 rings (SSSR count). The lowest BCUT2D eigenvalue weighted by atomic mass is 9.99. The number of nitrogens with one attached hydrogen (secondary N) is 1. The molecule has 90 valence electrons. The summed E-state index contributed by atoms with van der Waals surface area (Å²) in [6.45, 7) is 7.30. The minimum absolute atomic E-state index is 0.243. The van der Waals surface area contributed by atoms with Gasteiger partial charge in [0.05, 0.1) is 12.7 Å². The first-order valence-corrected chi connectivity index (χ1v) is 5.89. The summed E-state index contributed by atoms with van der Waals surface area (Å²) in [7, 11) is 2.13. The standard InChI is InChI=1S/C11H25N3O/c1-9(2)4-5-10(13-12)11-8-14(3)6-7-15-11/h9-11,13H,4-8,12H2,1-3H3. The van der Waals surface area contributed by atoms with E-state index in [4.69, 9.17) is 10.6 Å². The Bertz CT molecular complexity index is 175. The van der Waals surface area contributed by atoms with Gasteiger partial charge in [0.25, 0.3) is 0 Å². The van der Waals surface area contributed by atoms with E-state index in [1.54, 1.807) is 0 Å². The van der Waals surface area contributed by atoms with Crippen molar-refractivity contribution in [1.29, 1.82) is 0 Å². The number of morpholine rings is 1. The highest BCUT2D eigenvalue weighted by Crippen LogP contribution is 2.14. The third-order valence-corrected chi connectivity index (χ3v) is 3.01. The molecule has 0 radical (unpaired) electrons. The fourth-order valence-electron chi connectivity index (χ4n) is 1.94. The minimum Gasteiger partial charge on any atom is -0.374 e. The first-order valence-electron chi connectivity index (χ1n) is 5.89. The summed E-state index contributed by atoms with van der Waals surface area (Å²) < 4.78 is 5.75. The Labute approximate surface area is 93.1 Å². The van der Waals surface area contributed by atoms with Gasteiger partial charge >= 0.3 is 0 Å². The lowest BCUT2D eigenvalue weighted by molar-refractivity contribution is -0.0406. The number of hydrogen-bond acceptors (Lipinski definition) is 4. The second-order valence-corrected chi connectivity index (χ2v) is 4.92. The van der Waals surface area contributed by atoms with Gasteiger partial charge in [-0.2, -0.15) is 0 Å². The van der Waals surface area contributed by atoms with Crippen LogP contribution in [-0.4, -0.2) is 43.8 Å². The van der Waals surface area contributed by atoms with Crippen molar-refractivity contribution in [2.24, 2.45) is 11.8 Å². The van der Waals surface area contributed by atoms with Crippen LogP contribution in [0, 0.1) is 5.92 Å². The number of nitrogens with two attached hydrogens (primary N) is 1. The molecule has 1 saturated heterocycles. The molecule has 15 heavy (non-hydrogen) atoms. The van der Waals surface area contributed by atoms with Crippen molar-refractivity contribution in [2.75, 3.05) is 26.7 Å². The van der Waals surface area contributed by atoms with Gasteiger partial charge in [-0.1, -0.05) is 13.8 Å². The molecule has 4 heteroatoms. The van der Waals surface area contributed by atoms with Gasteiger partial charge in [0, 0.05) is 19.1 Å². The van der Waals surface area contributed by atoms with Crippen molar-refractivity contribution in [3.63, 3.8) is 0 Å². The third kappa shape index (κ3) is 4.47. The van der Waals surface area contributed by atoms with E-state index in [0.29, 0.717) is 0 Å². The van der Waals surface area contributed by atoms with Crippen LogP contribution in [0.3, 0.4) is 0 Å². The van der Waals surface area contributed by atoms with Crippen molar-refractivity contribution in [3.8, 4) is 0 Å². The smallest absolute Gasteiger partial charge is 0.0868 e. The zero-order valence-corrected chi connectivity index (χ0v) is 10.2. The van der Waals surface area contributed by atoms with Gasteiger partial charge in [0.15, 0.2) is 0 Å². The predicted molar refractivity (Wildman–Crippen MR) is 62.4 cm³/mol. The molecule has 0 aliphatic carbocycles. The topological polar surface area (TPSA) is 50.5 Å². The van der Waals surface area contributed by atoms with E-state index in [-0.39, 0.29) is 12.1 Å². The second-order valence-electron chi connectivity index (χ2n) is 4.92. The molecular formula is C11H25N3O. The Kier molecular flexibility index (Phi) is 5.53. The number of likely N-dealkylation sites (N-methyl/N-ethyl adjacent to an activating group) is 1. The molecule has 0 amide bonds. The van der Waals surface area contributed by atoms with Crippen LogP contribution in [-0.2, 0) is 4.74 Å². The number of ether oxygens (including phenoxy) is 1.